The van der Waals surface area contributed by atoms with E-state index in [0.29, 0.717) is 11.3 Å². The van der Waals surface area contributed by atoms with Crippen LogP contribution in [0.1, 0.15) is 15.9 Å². The third kappa shape index (κ3) is 2.83. The van der Waals surface area contributed by atoms with Crippen molar-refractivity contribution in [3.05, 3.63) is 47.8 Å². The average Bonchev–Trinajstić information content (AvgIpc) is 2.79. The minimum Gasteiger partial charge on any atom is -0.478 e. The summed E-state index contributed by atoms with van der Waals surface area (Å²) in [7, 11) is -1.94. The Hall–Kier alpha value is -2.28. The Labute approximate surface area is 116 Å². The van der Waals surface area contributed by atoms with Gasteiger partial charge in [0.15, 0.2) is 0 Å². The van der Waals surface area contributed by atoms with E-state index in [0.717, 1.165) is 0 Å². The molecule has 1 aromatic heterocycles. The molecule has 0 amide bonds. The van der Waals surface area contributed by atoms with Crippen molar-refractivity contribution in [1.29, 1.82) is 0 Å². The van der Waals surface area contributed by atoms with E-state index in [9.17, 15) is 13.2 Å². The number of aromatic carboxylic acids is 1. The molecule has 2 rings (SSSR count). The molecule has 1 aromatic carbocycles. The van der Waals surface area contributed by atoms with E-state index in [1.54, 1.807) is 24.7 Å². The highest BCUT2D eigenvalue weighted by molar-refractivity contribution is 7.92. The lowest BCUT2D eigenvalue weighted by atomic mass is 10.1. The minimum atomic E-state index is -3.67. The van der Waals surface area contributed by atoms with Crippen molar-refractivity contribution in [2.24, 2.45) is 7.05 Å². The molecule has 1 heterocycles. The molecule has 0 fully saturated rings. The molecule has 106 valence electrons. The second-order valence-electron chi connectivity index (χ2n) is 4.45. The van der Waals surface area contributed by atoms with Gasteiger partial charge in [0, 0.05) is 19.4 Å². The van der Waals surface area contributed by atoms with Crippen LogP contribution in [0, 0.1) is 6.92 Å². The number of sulfonamides is 1. The Balaban J connectivity index is 2.32. The van der Waals surface area contributed by atoms with Gasteiger partial charge in [-0.05, 0) is 36.8 Å². The number of nitrogens with one attached hydrogen (secondary N) is 1. The smallest absolute Gasteiger partial charge is 0.335 e. The van der Waals surface area contributed by atoms with Crippen molar-refractivity contribution >= 4 is 21.7 Å². The highest BCUT2D eigenvalue weighted by Crippen LogP contribution is 2.21. The van der Waals surface area contributed by atoms with Crippen molar-refractivity contribution < 1.29 is 18.3 Å². The summed E-state index contributed by atoms with van der Waals surface area (Å²) in [6, 6.07) is 5.71. The van der Waals surface area contributed by atoms with Crippen molar-refractivity contribution in [3.8, 4) is 0 Å². The lowest BCUT2D eigenvalue weighted by Gasteiger charge is -2.10. The summed E-state index contributed by atoms with van der Waals surface area (Å²) in [6.07, 6.45) is 3.12. The van der Waals surface area contributed by atoms with Crippen molar-refractivity contribution in [2.45, 2.75) is 11.8 Å². The number of nitrogens with zero attached hydrogens (tertiary/aromatic N) is 1. The summed E-state index contributed by atoms with van der Waals surface area (Å²) in [5.74, 6) is -1.05. The summed E-state index contributed by atoms with van der Waals surface area (Å²) in [5.41, 5.74) is 1.02. The van der Waals surface area contributed by atoms with Crippen LogP contribution in [-0.2, 0) is 17.1 Å². The number of aryl methyl sites for hydroxylation is 2. The Morgan fingerprint density at radius 1 is 1.30 bits per heavy atom. The van der Waals surface area contributed by atoms with E-state index in [4.69, 9.17) is 5.11 Å². The van der Waals surface area contributed by atoms with Crippen LogP contribution in [0.15, 0.2) is 41.6 Å². The minimum absolute atomic E-state index is 0.116. The summed E-state index contributed by atoms with van der Waals surface area (Å²) >= 11 is 0. The first kappa shape index (κ1) is 14.1. The number of benzene rings is 1. The van der Waals surface area contributed by atoms with E-state index in [1.807, 2.05) is 0 Å². The molecule has 0 saturated carbocycles. The number of hydrogen-bond acceptors (Lipinski definition) is 3. The second-order valence-corrected chi connectivity index (χ2v) is 6.14. The van der Waals surface area contributed by atoms with Crippen molar-refractivity contribution in [2.75, 3.05) is 4.72 Å². The third-order valence-corrected chi connectivity index (χ3v) is 4.18. The fourth-order valence-corrected chi connectivity index (χ4v) is 2.93. The molecule has 6 nitrogen and oxygen atoms in total. The molecular formula is C13H14N2O4S. The monoisotopic (exact) mass is 294 g/mol. The summed E-state index contributed by atoms with van der Waals surface area (Å²) in [4.78, 5) is 11.0. The zero-order valence-electron chi connectivity index (χ0n) is 11.0. The number of rotatable bonds is 4. The zero-order chi connectivity index (χ0) is 14.9. The van der Waals surface area contributed by atoms with Gasteiger partial charge in [-0.2, -0.15) is 0 Å². The highest BCUT2D eigenvalue weighted by Gasteiger charge is 2.16. The molecule has 0 spiro atoms. The average molecular weight is 294 g/mol. The fourth-order valence-electron chi connectivity index (χ4n) is 1.75. The predicted molar refractivity (Wildman–Crippen MR) is 74.4 cm³/mol. The first-order valence-corrected chi connectivity index (χ1v) is 7.26. The first-order chi connectivity index (χ1) is 9.29. The summed E-state index contributed by atoms with van der Waals surface area (Å²) < 4.78 is 28.4. The maximum absolute atomic E-state index is 12.1. The van der Waals surface area contributed by atoms with Gasteiger partial charge < -0.3 is 9.67 Å². The number of aromatic nitrogens is 1. The van der Waals surface area contributed by atoms with Gasteiger partial charge in [-0.15, -0.1) is 0 Å². The Morgan fingerprint density at radius 3 is 2.50 bits per heavy atom. The van der Waals surface area contributed by atoms with E-state index in [-0.39, 0.29) is 10.5 Å². The molecule has 0 bridgehead atoms. The van der Waals surface area contributed by atoms with Gasteiger partial charge in [-0.1, -0.05) is 0 Å². The normalized spacial score (nSPS) is 11.3. The van der Waals surface area contributed by atoms with Gasteiger partial charge in [0.05, 0.1) is 11.3 Å². The van der Waals surface area contributed by atoms with Gasteiger partial charge in [0.1, 0.15) is 4.90 Å². The maximum atomic E-state index is 12.1. The number of hydrogen-bond donors (Lipinski definition) is 2. The molecule has 0 unspecified atom stereocenters. The molecule has 2 N–H and O–H groups in total. The van der Waals surface area contributed by atoms with Crippen LogP contribution in [-0.4, -0.2) is 24.1 Å². The summed E-state index contributed by atoms with van der Waals surface area (Å²) in [5, 5.41) is 8.87. The van der Waals surface area contributed by atoms with Crippen molar-refractivity contribution in [3.63, 3.8) is 0 Å². The SMILES string of the molecule is Cc1cc(C(=O)O)ccc1NS(=O)(=O)c1ccn(C)c1. The van der Waals surface area contributed by atoms with Crippen LogP contribution in [0.4, 0.5) is 5.69 Å². The number of carboxylic acids is 1. The van der Waals surface area contributed by atoms with Crippen LogP contribution in [0.3, 0.4) is 0 Å². The largest absolute Gasteiger partial charge is 0.478 e. The van der Waals surface area contributed by atoms with Crippen LogP contribution < -0.4 is 4.72 Å². The number of anilines is 1. The topological polar surface area (TPSA) is 88.4 Å². The Kier molecular flexibility index (Phi) is 3.54. The molecule has 0 aliphatic rings. The Bertz CT molecular complexity index is 762. The Morgan fingerprint density at radius 2 is 2.00 bits per heavy atom. The first-order valence-electron chi connectivity index (χ1n) is 5.78. The zero-order valence-corrected chi connectivity index (χ0v) is 11.8. The third-order valence-electron chi connectivity index (χ3n) is 2.83. The highest BCUT2D eigenvalue weighted by atomic mass is 32.2. The number of carbonyl (C=O) groups is 1. The predicted octanol–water partition coefficient (Wildman–Crippen LogP) is 1.83. The molecule has 0 atom stereocenters. The van der Waals surface area contributed by atoms with Crippen LogP contribution in [0.25, 0.3) is 0 Å². The molecule has 0 saturated heterocycles. The molecule has 0 aliphatic carbocycles. The maximum Gasteiger partial charge on any atom is 0.335 e. The van der Waals surface area contributed by atoms with Gasteiger partial charge in [0.25, 0.3) is 10.0 Å². The van der Waals surface area contributed by atoms with Gasteiger partial charge in [0.2, 0.25) is 0 Å². The van der Waals surface area contributed by atoms with E-state index < -0.39 is 16.0 Å². The molecular weight excluding hydrogens is 280 g/mol. The molecule has 0 radical (unpaired) electrons. The van der Waals surface area contributed by atoms with Gasteiger partial charge >= 0.3 is 5.97 Å². The van der Waals surface area contributed by atoms with E-state index >= 15 is 0 Å². The van der Waals surface area contributed by atoms with Gasteiger partial charge in [-0.3, -0.25) is 4.72 Å². The number of carboxylic acid groups (broad SMARTS) is 1. The second kappa shape index (κ2) is 5.01. The fraction of sp³-hybridized carbons (Fsp3) is 0.154. The lowest BCUT2D eigenvalue weighted by molar-refractivity contribution is 0.0697. The molecule has 2 aromatic rings. The van der Waals surface area contributed by atoms with Gasteiger partial charge in [-0.25, -0.2) is 13.2 Å². The molecule has 7 heteroatoms. The standard InChI is InChI=1S/C13H14N2O4S/c1-9-7-10(13(16)17)3-4-12(9)14-20(18,19)11-5-6-15(2)8-11/h3-8,14H,1-2H3,(H,16,17). The van der Waals surface area contributed by atoms with E-state index in [2.05, 4.69) is 4.72 Å². The molecule has 20 heavy (non-hydrogen) atoms. The quantitative estimate of drug-likeness (QED) is 0.900. The lowest BCUT2D eigenvalue weighted by Crippen LogP contribution is -2.13. The van der Waals surface area contributed by atoms with Crippen LogP contribution >= 0.6 is 0 Å². The van der Waals surface area contributed by atoms with Crippen LogP contribution in [0.2, 0.25) is 0 Å². The van der Waals surface area contributed by atoms with E-state index in [1.165, 1.54) is 30.5 Å². The molecule has 0 aliphatic heterocycles. The van der Waals surface area contributed by atoms with Crippen LogP contribution in [0.5, 0.6) is 0 Å². The summed E-state index contributed by atoms with van der Waals surface area (Å²) in [6.45, 7) is 1.65. The van der Waals surface area contributed by atoms with Crippen molar-refractivity contribution in [1.82, 2.24) is 4.57 Å².